The maximum Gasteiger partial charge on any atom is 0.305 e. The number of quaternary nitrogens is 1. The number of hydrogen-bond donors (Lipinski definition) is 6. The summed E-state index contributed by atoms with van der Waals surface area (Å²) in [5.74, 6) is -5.14. The molecule has 5 amide bonds. The van der Waals surface area contributed by atoms with Gasteiger partial charge in [0.05, 0.1) is 39.8 Å². The molecular formula is C34H50N7O8+. The summed E-state index contributed by atoms with van der Waals surface area (Å²) >= 11 is 0. The molecular weight excluding hydrogens is 634 g/mol. The Morgan fingerprint density at radius 3 is 2.35 bits per heavy atom. The number of likely N-dealkylation sites (N-methyl/N-ethyl adjacent to an activating group) is 2. The normalized spacial score (nSPS) is 24.4. The molecule has 15 heteroatoms. The van der Waals surface area contributed by atoms with Gasteiger partial charge in [-0.05, 0) is 36.8 Å². The average molecular weight is 685 g/mol. The number of fused-ring (bicyclic) bond motifs is 1. The number of benzene rings is 1. The molecule has 4 atom stereocenters. The van der Waals surface area contributed by atoms with E-state index in [4.69, 9.17) is 4.74 Å². The van der Waals surface area contributed by atoms with Crippen molar-refractivity contribution < 1.29 is 43.1 Å². The molecule has 2 aliphatic heterocycles. The molecule has 3 heterocycles. The molecule has 0 spiro atoms. The Morgan fingerprint density at radius 1 is 0.959 bits per heavy atom. The number of carbonyl (C=O) groups is 6. The van der Waals surface area contributed by atoms with Crippen LogP contribution in [0.4, 0.5) is 0 Å². The van der Waals surface area contributed by atoms with Gasteiger partial charge in [0.1, 0.15) is 37.3 Å². The van der Waals surface area contributed by atoms with E-state index in [9.17, 15) is 33.9 Å². The van der Waals surface area contributed by atoms with Crippen LogP contribution in [0, 0.1) is 5.92 Å². The lowest BCUT2D eigenvalue weighted by Crippen LogP contribution is -2.59. The van der Waals surface area contributed by atoms with Crippen LogP contribution >= 0.6 is 0 Å². The van der Waals surface area contributed by atoms with Gasteiger partial charge >= 0.3 is 5.97 Å². The maximum atomic E-state index is 14.2. The van der Waals surface area contributed by atoms with E-state index < -0.39 is 72.6 Å². The van der Waals surface area contributed by atoms with E-state index in [0.717, 1.165) is 41.4 Å². The zero-order valence-electron chi connectivity index (χ0n) is 28.8. The molecule has 268 valence electrons. The largest absolute Gasteiger partial charge is 0.481 e. The fourth-order valence-electron chi connectivity index (χ4n) is 6.60. The van der Waals surface area contributed by atoms with Crippen molar-refractivity contribution in [3.63, 3.8) is 0 Å². The van der Waals surface area contributed by atoms with Crippen LogP contribution in [-0.2, 0) is 39.9 Å². The Balaban J connectivity index is 1.62. The highest BCUT2D eigenvalue weighted by molar-refractivity contribution is 5.98. The van der Waals surface area contributed by atoms with Crippen LogP contribution in [0.5, 0.6) is 0 Å². The van der Waals surface area contributed by atoms with Gasteiger partial charge < -0.3 is 45.5 Å². The van der Waals surface area contributed by atoms with E-state index in [-0.39, 0.29) is 12.3 Å². The second-order valence-corrected chi connectivity index (χ2v) is 13.7. The maximum absolute atomic E-state index is 14.2. The first-order valence-corrected chi connectivity index (χ1v) is 16.9. The molecule has 1 aromatic carbocycles. The fourth-order valence-corrected chi connectivity index (χ4v) is 6.60. The van der Waals surface area contributed by atoms with E-state index >= 15 is 0 Å². The number of aliphatic carboxylic acids is 1. The molecule has 0 bridgehead atoms. The third kappa shape index (κ3) is 10.0. The molecule has 2 saturated heterocycles. The van der Waals surface area contributed by atoms with Crippen LogP contribution < -0.4 is 21.3 Å². The number of rotatable bonds is 10. The first-order chi connectivity index (χ1) is 23.3. The number of unbranched alkanes of at least 4 members (excludes halogenated alkanes) is 1. The highest BCUT2D eigenvalue weighted by Gasteiger charge is 2.38. The Hall–Kier alpha value is -4.50. The van der Waals surface area contributed by atoms with E-state index in [2.05, 4.69) is 33.3 Å². The molecule has 2 aromatic rings. The van der Waals surface area contributed by atoms with Crippen molar-refractivity contribution in [3.8, 4) is 0 Å². The molecule has 1 aromatic heterocycles. The van der Waals surface area contributed by atoms with Gasteiger partial charge in [-0.25, -0.2) is 0 Å². The minimum absolute atomic E-state index is 0.0192. The number of carbonyl (C=O) groups excluding carboxylic acids is 5. The lowest BCUT2D eigenvalue weighted by molar-refractivity contribution is -0.917. The van der Waals surface area contributed by atoms with Gasteiger partial charge in [-0.1, -0.05) is 32.0 Å². The fraction of sp³-hybridized carbons (Fsp3) is 0.588. The first kappa shape index (κ1) is 37.3. The number of aromatic amines is 1. The third-order valence-corrected chi connectivity index (χ3v) is 9.46. The molecule has 0 saturated carbocycles. The Morgan fingerprint density at radius 2 is 1.65 bits per heavy atom. The van der Waals surface area contributed by atoms with Gasteiger partial charge in [-0.3, -0.25) is 28.8 Å². The van der Waals surface area contributed by atoms with Crippen molar-refractivity contribution in [2.24, 2.45) is 5.92 Å². The lowest BCUT2D eigenvalue weighted by atomic mass is 9.98. The van der Waals surface area contributed by atoms with Crippen LogP contribution in [0.3, 0.4) is 0 Å². The SMILES string of the molecule is CC(C)C1C(=O)NC(CCCC[N+]2(C)CCOCC2)C(=O)NCC(=O)NC(CC(=O)O)C(=O)NC(Cc2c[nH]c3ccccc23)C(=O)N1C. The predicted octanol–water partition coefficient (Wildman–Crippen LogP) is -0.101. The first-order valence-electron chi connectivity index (χ1n) is 16.9. The molecule has 15 nitrogen and oxygen atoms in total. The zero-order chi connectivity index (χ0) is 35.7. The summed E-state index contributed by atoms with van der Waals surface area (Å²) in [6, 6.07) is 2.68. The topological polar surface area (TPSA) is 199 Å². The Labute approximate surface area is 286 Å². The number of ether oxygens (including phenoxy) is 1. The second kappa shape index (κ2) is 16.7. The molecule has 4 rings (SSSR count). The number of para-hydroxylation sites is 1. The monoisotopic (exact) mass is 684 g/mol. The highest BCUT2D eigenvalue weighted by atomic mass is 16.5. The second-order valence-electron chi connectivity index (χ2n) is 13.7. The molecule has 4 unspecified atom stereocenters. The number of aromatic nitrogens is 1. The number of carboxylic acid groups (broad SMARTS) is 1. The number of nitrogens with zero attached hydrogens (tertiary/aromatic N) is 2. The van der Waals surface area contributed by atoms with E-state index in [0.29, 0.717) is 31.6 Å². The van der Waals surface area contributed by atoms with Gasteiger partial charge in [0.15, 0.2) is 0 Å². The molecule has 2 fully saturated rings. The predicted molar refractivity (Wildman–Crippen MR) is 180 cm³/mol. The smallest absolute Gasteiger partial charge is 0.305 e. The molecule has 2 aliphatic rings. The number of hydrogen-bond acceptors (Lipinski definition) is 7. The number of H-pyrrole nitrogens is 1. The number of nitrogens with one attached hydrogen (secondary N) is 5. The number of carboxylic acids is 1. The number of amides is 5. The summed E-state index contributed by atoms with van der Waals surface area (Å²) in [5, 5.41) is 20.8. The minimum atomic E-state index is -1.53. The summed E-state index contributed by atoms with van der Waals surface area (Å²) in [5.41, 5.74) is 1.54. The van der Waals surface area contributed by atoms with Crippen LogP contribution in [0.1, 0.15) is 45.1 Å². The van der Waals surface area contributed by atoms with E-state index in [1.54, 1.807) is 20.0 Å². The van der Waals surface area contributed by atoms with Gasteiger partial charge in [0.2, 0.25) is 29.5 Å². The van der Waals surface area contributed by atoms with Crippen LogP contribution in [0.25, 0.3) is 10.9 Å². The van der Waals surface area contributed by atoms with E-state index in [1.807, 2.05) is 24.3 Å². The summed E-state index contributed by atoms with van der Waals surface area (Å²) < 4.78 is 6.35. The molecule has 0 radical (unpaired) electrons. The zero-order valence-corrected chi connectivity index (χ0v) is 28.8. The summed E-state index contributed by atoms with van der Waals surface area (Å²) in [6.07, 6.45) is 2.70. The summed E-state index contributed by atoms with van der Waals surface area (Å²) in [4.78, 5) is 84.1. The third-order valence-electron chi connectivity index (χ3n) is 9.46. The Kier molecular flexibility index (Phi) is 12.8. The van der Waals surface area contributed by atoms with Crippen LogP contribution in [0.15, 0.2) is 30.5 Å². The Bertz CT molecular complexity index is 1520. The van der Waals surface area contributed by atoms with Crippen molar-refractivity contribution in [1.82, 2.24) is 31.2 Å². The quantitative estimate of drug-likeness (QED) is 0.147. The van der Waals surface area contributed by atoms with Crippen LogP contribution in [-0.4, -0.2) is 133 Å². The standard InChI is InChI=1S/C34H49N7O8/c1-21(2)30-33(47)38-25(11-7-8-12-41(4)13-15-49-16-14-41)31(45)36-20-28(42)37-26(18-29(43)44)32(46)39-27(34(48)40(30)3)17-22-19-35-24-10-6-5-9-23(22)24/h5-6,9-10,19,21,25-27,30,35H,7-8,11-18,20H2,1-4H3,(H4-,36,37,38,39,42,43,44,45,46,47)/p+1. The van der Waals surface area contributed by atoms with Crippen molar-refractivity contribution in [3.05, 3.63) is 36.0 Å². The minimum Gasteiger partial charge on any atom is -0.481 e. The van der Waals surface area contributed by atoms with Crippen molar-refractivity contribution >= 4 is 46.4 Å². The van der Waals surface area contributed by atoms with Crippen LogP contribution in [0.2, 0.25) is 0 Å². The number of morpholine rings is 1. The average Bonchev–Trinajstić information content (AvgIpc) is 3.46. The van der Waals surface area contributed by atoms with Crippen molar-refractivity contribution in [1.29, 1.82) is 0 Å². The highest BCUT2D eigenvalue weighted by Crippen LogP contribution is 2.21. The van der Waals surface area contributed by atoms with Gasteiger partial charge in [-0.2, -0.15) is 0 Å². The lowest BCUT2D eigenvalue weighted by Gasteiger charge is -2.37. The van der Waals surface area contributed by atoms with Crippen molar-refractivity contribution in [2.45, 2.75) is 70.1 Å². The molecule has 49 heavy (non-hydrogen) atoms. The summed E-state index contributed by atoms with van der Waals surface area (Å²) in [6.45, 7) is 7.07. The van der Waals surface area contributed by atoms with Gasteiger partial charge in [-0.15, -0.1) is 0 Å². The molecule has 0 aliphatic carbocycles. The van der Waals surface area contributed by atoms with Gasteiger partial charge in [0.25, 0.3) is 0 Å². The summed E-state index contributed by atoms with van der Waals surface area (Å²) in [7, 11) is 3.64. The van der Waals surface area contributed by atoms with Crippen molar-refractivity contribution in [2.75, 3.05) is 53.5 Å². The van der Waals surface area contributed by atoms with Gasteiger partial charge in [0, 0.05) is 30.6 Å². The molecule has 6 N–H and O–H groups in total. The van der Waals surface area contributed by atoms with E-state index in [1.165, 1.54) is 11.9 Å².